The third-order valence-corrected chi connectivity index (χ3v) is 4.94. The predicted molar refractivity (Wildman–Crippen MR) is 133 cm³/mol. The summed E-state index contributed by atoms with van der Waals surface area (Å²) in [5, 5.41) is 23.8. The second kappa shape index (κ2) is 14.0. The molecule has 0 saturated carbocycles. The Morgan fingerprint density at radius 3 is 2.42 bits per heavy atom. The number of nitrogens with zero attached hydrogens (tertiary/aromatic N) is 1. The Balaban J connectivity index is 0.00000272. The van der Waals surface area contributed by atoms with Crippen LogP contribution in [0, 0.1) is 0 Å². The number of aliphatic hydroxyl groups excluding tert-OH is 2. The number of carbonyl (C=O) groups excluding carboxylic acids is 1. The van der Waals surface area contributed by atoms with Gasteiger partial charge in [-0.2, -0.15) is 0 Å². The number of pyridine rings is 1. The van der Waals surface area contributed by atoms with Gasteiger partial charge in [0.15, 0.2) is 0 Å². The van der Waals surface area contributed by atoms with Crippen molar-refractivity contribution in [3.05, 3.63) is 88.6 Å². The number of aliphatic hydroxyl groups is 2. The molecule has 0 spiro atoms. The van der Waals surface area contributed by atoms with Crippen LogP contribution in [-0.2, 0) is 6.42 Å². The van der Waals surface area contributed by atoms with E-state index >= 15 is 0 Å². The predicted octanol–water partition coefficient (Wildman–Crippen LogP) is 3.70. The molecule has 10 heteroatoms. The number of nitrogens with two attached hydrogens (primary N) is 1. The van der Waals surface area contributed by atoms with E-state index < -0.39 is 12.0 Å². The summed E-state index contributed by atoms with van der Waals surface area (Å²) in [5.41, 5.74) is 7.22. The SMILES string of the molecule is Cl.Cl.NC(=O)c1ccc(Oc2ccc(C[C@@H](CO)NC[C@@H](O)c3cccc(Cl)c3)cc2)nc1. The summed E-state index contributed by atoms with van der Waals surface area (Å²) < 4.78 is 5.66. The highest BCUT2D eigenvalue weighted by molar-refractivity contribution is 6.30. The van der Waals surface area contributed by atoms with Gasteiger partial charge in [-0.1, -0.05) is 35.9 Å². The molecule has 3 aromatic rings. The van der Waals surface area contributed by atoms with E-state index in [2.05, 4.69) is 10.3 Å². The fourth-order valence-corrected chi connectivity index (χ4v) is 3.20. The maximum absolute atomic E-state index is 11.1. The largest absolute Gasteiger partial charge is 0.439 e. The van der Waals surface area contributed by atoms with Crippen molar-refractivity contribution in [2.24, 2.45) is 5.73 Å². The lowest BCUT2D eigenvalue weighted by Gasteiger charge is -2.19. The van der Waals surface area contributed by atoms with Crippen LogP contribution >= 0.6 is 36.4 Å². The molecule has 0 saturated heterocycles. The van der Waals surface area contributed by atoms with Gasteiger partial charge in [0.1, 0.15) is 5.75 Å². The van der Waals surface area contributed by atoms with Gasteiger partial charge in [-0.05, 0) is 47.9 Å². The second-order valence-corrected chi connectivity index (χ2v) is 7.49. The van der Waals surface area contributed by atoms with Crippen LogP contribution in [0.4, 0.5) is 0 Å². The molecular weight excluding hydrogens is 489 g/mol. The van der Waals surface area contributed by atoms with Gasteiger partial charge in [-0.25, -0.2) is 4.98 Å². The number of amides is 1. The van der Waals surface area contributed by atoms with E-state index in [1.807, 2.05) is 12.1 Å². The molecule has 2 aromatic carbocycles. The minimum absolute atomic E-state index is 0. The summed E-state index contributed by atoms with van der Waals surface area (Å²) in [5.74, 6) is 0.395. The molecule has 0 unspecified atom stereocenters. The number of carbonyl (C=O) groups is 1. The molecule has 0 radical (unpaired) electrons. The van der Waals surface area contributed by atoms with Crippen molar-refractivity contribution >= 4 is 42.3 Å². The van der Waals surface area contributed by atoms with Crippen LogP contribution in [-0.4, -0.2) is 40.3 Å². The first kappa shape index (κ1) is 28.6. The van der Waals surface area contributed by atoms with Gasteiger partial charge in [0.05, 0.1) is 18.3 Å². The zero-order chi connectivity index (χ0) is 22.2. The van der Waals surface area contributed by atoms with Crippen molar-refractivity contribution in [1.29, 1.82) is 0 Å². The number of halogens is 3. The molecular formula is C23H26Cl3N3O4. The van der Waals surface area contributed by atoms with E-state index in [1.165, 1.54) is 6.20 Å². The zero-order valence-corrected chi connectivity index (χ0v) is 19.9. The van der Waals surface area contributed by atoms with E-state index in [4.69, 9.17) is 22.1 Å². The van der Waals surface area contributed by atoms with Crippen LogP contribution in [0.15, 0.2) is 66.9 Å². The van der Waals surface area contributed by atoms with Crippen LogP contribution in [0.2, 0.25) is 5.02 Å². The lowest BCUT2D eigenvalue weighted by atomic mass is 10.1. The molecule has 178 valence electrons. The summed E-state index contributed by atoms with van der Waals surface area (Å²) in [4.78, 5) is 15.1. The molecule has 0 aliphatic heterocycles. The Morgan fingerprint density at radius 2 is 1.85 bits per heavy atom. The van der Waals surface area contributed by atoms with Crippen LogP contribution in [0.5, 0.6) is 11.6 Å². The Kier molecular flexibility index (Phi) is 12.2. The van der Waals surface area contributed by atoms with Gasteiger partial charge in [0.25, 0.3) is 0 Å². The van der Waals surface area contributed by atoms with Gasteiger partial charge < -0.3 is 26.0 Å². The first-order valence-corrected chi connectivity index (χ1v) is 10.1. The highest BCUT2D eigenvalue weighted by Crippen LogP contribution is 2.21. The molecule has 1 amide bonds. The Morgan fingerprint density at radius 1 is 1.12 bits per heavy atom. The lowest BCUT2D eigenvalue weighted by molar-refractivity contribution is 0.1000. The molecule has 0 aliphatic carbocycles. The second-order valence-electron chi connectivity index (χ2n) is 7.06. The molecule has 5 N–H and O–H groups in total. The van der Waals surface area contributed by atoms with E-state index in [1.54, 1.807) is 48.5 Å². The van der Waals surface area contributed by atoms with Crippen LogP contribution in [0.3, 0.4) is 0 Å². The minimum Gasteiger partial charge on any atom is -0.439 e. The van der Waals surface area contributed by atoms with E-state index in [-0.39, 0.29) is 37.5 Å². The third-order valence-electron chi connectivity index (χ3n) is 4.70. The number of benzene rings is 2. The zero-order valence-electron chi connectivity index (χ0n) is 17.6. The smallest absolute Gasteiger partial charge is 0.250 e. The Bertz CT molecular complexity index is 1000. The average Bonchev–Trinajstić information content (AvgIpc) is 2.78. The maximum atomic E-state index is 11.1. The number of nitrogens with one attached hydrogen (secondary N) is 1. The molecule has 7 nitrogen and oxygen atoms in total. The van der Waals surface area contributed by atoms with Crippen LogP contribution in [0.1, 0.15) is 27.6 Å². The number of aromatic nitrogens is 1. The van der Waals surface area contributed by atoms with Crippen molar-refractivity contribution < 1.29 is 19.7 Å². The topological polar surface area (TPSA) is 118 Å². The normalized spacial score (nSPS) is 12.1. The summed E-state index contributed by atoms with van der Waals surface area (Å²) in [6, 6.07) is 17.4. The fraction of sp³-hybridized carbons (Fsp3) is 0.217. The number of hydrogen-bond donors (Lipinski definition) is 4. The molecule has 1 aromatic heterocycles. The van der Waals surface area contributed by atoms with E-state index in [0.717, 1.165) is 11.1 Å². The highest BCUT2D eigenvalue weighted by Gasteiger charge is 2.13. The van der Waals surface area contributed by atoms with Crippen molar-refractivity contribution in [3.63, 3.8) is 0 Å². The Hall–Kier alpha value is -2.39. The van der Waals surface area contributed by atoms with Gasteiger partial charge in [0, 0.05) is 29.9 Å². The summed E-state index contributed by atoms with van der Waals surface area (Å²) in [6.45, 7) is 0.219. The number of hydrogen-bond acceptors (Lipinski definition) is 6. The maximum Gasteiger partial charge on any atom is 0.250 e. The average molecular weight is 515 g/mol. The van der Waals surface area contributed by atoms with Gasteiger partial charge in [-0.3, -0.25) is 4.79 Å². The van der Waals surface area contributed by atoms with Crippen molar-refractivity contribution in [2.75, 3.05) is 13.2 Å². The van der Waals surface area contributed by atoms with Crippen molar-refractivity contribution in [2.45, 2.75) is 18.6 Å². The summed E-state index contributed by atoms with van der Waals surface area (Å²) >= 11 is 5.97. The third kappa shape index (κ3) is 8.81. The number of ether oxygens (including phenoxy) is 1. The Labute approximate surface area is 209 Å². The van der Waals surface area contributed by atoms with Gasteiger partial charge in [-0.15, -0.1) is 24.8 Å². The molecule has 1 heterocycles. The van der Waals surface area contributed by atoms with Crippen LogP contribution < -0.4 is 15.8 Å². The summed E-state index contributed by atoms with van der Waals surface area (Å²) in [6.07, 6.45) is 1.21. The molecule has 0 fully saturated rings. The molecule has 0 bridgehead atoms. The quantitative estimate of drug-likeness (QED) is 0.328. The van der Waals surface area contributed by atoms with Gasteiger partial charge >= 0.3 is 0 Å². The molecule has 0 aliphatic rings. The first-order chi connectivity index (χ1) is 14.9. The minimum atomic E-state index is -0.725. The monoisotopic (exact) mass is 513 g/mol. The van der Waals surface area contributed by atoms with Crippen LogP contribution in [0.25, 0.3) is 0 Å². The fourth-order valence-electron chi connectivity index (χ4n) is 3.00. The number of primary amides is 1. The van der Waals surface area contributed by atoms with Gasteiger partial charge in [0.2, 0.25) is 11.8 Å². The molecule has 2 atom stereocenters. The number of rotatable bonds is 10. The van der Waals surface area contributed by atoms with E-state index in [9.17, 15) is 15.0 Å². The lowest BCUT2D eigenvalue weighted by Crippen LogP contribution is -2.37. The van der Waals surface area contributed by atoms with Crippen molar-refractivity contribution in [1.82, 2.24) is 10.3 Å². The first-order valence-electron chi connectivity index (χ1n) is 9.75. The molecule has 33 heavy (non-hydrogen) atoms. The standard InChI is InChI=1S/C23H24ClN3O4.2ClH/c24-18-3-1-2-16(11-18)21(29)13-26-19(14-28)10-15-4-7-20(8-5-15)31-22-9-6-17(12-27-22)23(25)30;;/h1-9,11-12,19,21,26,28-29H,10,13-14H2,(H2,25,30);2*1H/t19-,21+;;/m0../s1. The van der Waals surface area contributed by atoms with Crippen molar-refractivity contribution in [3.8, 4) is 11.6 Å². The molecule has 3 rings (SSSR count). The van der Waals surface area contributed by atoms with E-state index in [0.29, 0.717) is 35.2 Å². The summed E-state index contributed by atoms with van der Waals surface area (Å²) in [7, 11) is 0. The highest BCUT2D eigenvalue weighted by atomic mass is 35.5.